The zero-order valence-corrected chi connectivity index (χ0v) is 10.6. The molecule has 4 nitrogen and oxygen atoms in total. The maximum Gasteiger partial charge on any atom is 0.224 e. The van der Waals surface area contributed by atoms with Crippen LogP contribution in [0.4, 0.5) is 4.39 Å². The van der Waals surface area contributed by atoms with E-state index >= 15 is 0 Å². The van der Waals surface area contributed by atoms with E-state index in [2.05, 4.69) is 10.5 Å². The molecule has 1 heterocycles. The van der Waals surface area contributed by atoms with E-state index in [0.717, 1.165) is 17.0 Å². The van der Waals surface area contributed by atoms with Crippen molar-refractivity contribution in [3.8, 4) is 0 Å². The van der Waals surface area contributed by atoms with Crippen molar-refractivity contribution in [3.63, 3.8) is 0 Å². The lowest BCUT2D eigenvalue weighted by atomic mass is 10.1. The number of nitrogens with zero attached hydrogens (tertiary/aromatic N) is 1. The molecule has 100 valence electrons. The Morgan fingerprint density at radius 3 is 2.74 bits per heavy atom. The molecule has 19 heavy (non-hydrogen) atoms. The number of aromatic nitrogens is 1. The highest BCUT2D eigenvalue weighted by molar-refractivity contribution is 5.78. The number of carbonyl (C=O) groups excluding carboxylic acids is 1. The summed E-state index contributed by atoms with van der Waals surface area (Å²) in [5.74, 6) is 0.354. The zero-order chi connectivity index (χ0) is 13.7. The third-order valence-electron chi connectivity index (χ3n) is 2.65. The summed E-state index contributed by atoms with van der Waals surface area (Å²) in [5.41, 5.74) is 1.61. The van der Waals surface area contributed by atoms with E-state index in [0.29, 0.717) is 13.0 Å². The summed E-state index contributed by atoms with van der Waals surface area (Å²) < 4.78 is 17.7. The van der Waals surface area contributed by atoms with Crippen molar-refractivity contribution in [2.75, 3.05) is 6.54 Å². The number of aryl methyl sites for hydroxylation is 1. The minimum absolute atomic E-state index is 0.0946. The fourth-order valence-electron chi connectivity index (χ4n) is 1.71. The molecule has 1 aromatic heterocycles. The number of hydrogen-bond donors (Lipinski definition) is 1. The summed E-state index contributed by atoms with van der Waals surface area (Å²) in [6, 6.07) is 7.75. The number of amides is 1. The predicted molar refractivity (Wildman–Crippen MR) is 68.1 cm³/mol. The van der Waals surface area contributed by atoms with Crippen LogP contribution >= 0.6 is 0 Å². The lowest BCUT2D eigenvalue weighted by Crippen LogP contribution is -2.27. The molecule has 0 aliphatic rings. The number of carbonyl (C=O) groups is 1. The molecule has 1 amide bonds. The average Bonchev–Trinajstić information content (AvgIpc) is 2.78. The Labute approximate surface area is 110 Å². The van der Waals surface area contributed by atoms with E-state index in [-0.39, 0.29) is 18.1 Å². The van der Waals surface area contributed by atoms with E-state index in [1.807, 2.05) is 13.0 Å². The largest absolute Gasteiger partial charge is 0.361 e. The Morgan fingerprint density at radius 1 is 1.37 bits per heavy atom. The van der Waals surface area contributed by atoms with Crippen LogP contribution in [0.3, 0.4) is 0 Å². The Balaban J connectivity index is 1.74. The lowest BCUT2D eigenvalue weighted by Gasteiger charge is -2.03. The number of rotatable bonds is 5. The maximum absolute atomic E-state index is 12.7. The molecule has 0 spiro atoms. The molecule has 0 bridgehead atoms. The van der Waals surface area contributed by atoms with Gasteiger partial charge in [0, 0.05) is 19.0 Å². The molecule has 0 atom stereocenters. The van der Waals surface area contributed by atoms with Crippen LogP contribution in [0.5, 0.6) is 0 Å². The molecule has 1 N–H and O–H groups in total. The summed E-state index contributed by atoms with van der Waals surface area (Å²) in [4.78, 5) is 11.6. The van der Waals surface area contributed by atoms with Crippen LogP contribution in [-0.4, -0.2) is 17.6 Å². The molecule has 2 aromatic rings. The number of halogens is 1. The Hall–Kier alpha value is -2.17. The van der Waals surface area contributed by atoms with Gasteiger partial charge >= 0.3 is 0 Å². The van der Waals surface area contributed by atoms with Crippen molar-refractivity contribution in [2.24, 2.45) is 0 Å². The smallest absolute Gasteiger partial charge is 0.224 e. The van der Waals surface area contributed by atoms with Gasteiger partial charge in [0.1, 0.15) is 11.6 Å². The van der Waals surface area contributed by atoms with Crippen LogP contribution in [0.1, 0.15) is 17.0 Å². The molecular weight excluding hydrogens is 247 g/mol. The first-order valence-corrected chi connectivity index (χ1v) is 6.07. The van der Waals surface area contributed by atoms with E-state index in [4.69, 9.17) is 4.52 Å². The third kappa shape index (κ3) is 4.21. The number of nitrogens with one attached hydrogen (secondary N) is 1. The van der Waals surface area contributed by atoms with Gasteiger partial charge < -0.3 is 9.84 Å². The molecule has 0 fully saturated rings. The van der Waals surface area contributed by atoms with Gasteiger partial charge in [0.15, 0.2) is 0 Å². The second kappa shape index (κ2) is 6.13. The molecule has 0 aliphatic carbocycles. The molecule has 0 unspecified atom stereocenters. The van der Waals surface area contributed by atoms with E-state index in [1.54, 1.807) is 12.1 Å². The Morgan fingerprint density at radius 2 is 2.11 bits per heavy atom. The number of benzene rings is 1. The standard InChI is InChI=1S/C14H15FN2O2/c1-10-8-13(19-17-10)6-7-16-14(18)9-11-2-4-12(15)5-3-11/h2-5,8H,6-7,9H2,1H3,(H,16,18). The first-order valence-electron chi connectivity index (χ1n) is 6.07. The molecule has 0 saturated heterocycles. The highest BCUT2D eigenvalue weighted by Crippen LogP contribution is 2.04. The second-order valence-electron chi connectivity index (χ2n) is 4.34. The molecule has 5 heteroatoms. The van der Waals surface area contributed by atoms with Crippen LogP contribution in [0.15, 0.2) is 34.9 Å². The molecular formula is C14H15FN2O2. The van der Waals surface area contributed by atoms with Gasteiger partial charge in [-0.3, -0.25) is 4.79 Å². The maximum atomic E-state index is 12.7. The Kier molecular flexibility index (Phi) is 4.28. The van der Waals surface area contributed by atoms with Crippen molar-refractivity contribution in [1.29, 1.82) is 0 Å². The lowest BCUT2D eigenvalue weighted by molar-refractivity contribution is -0.120. The molecule has 2 rings (SSSR count). The summed E-state index contributed by atoms with van der Waals surface area (Å²) in [7, 11) is 0. The minimum Gasteiger partial charge on any atom is -0.361 e. The molecule has 0 aliphatic heterocycles. The molecule has 0 saturated carbocycles. The first kappa shape index (κ1) is 13.3. The van der Waals surface area contributed by atoms with Gasteiger partial charge in [-0.15, -0.1) is 0 Å². The first-order chi connectivity index (χ1) is 9.13. The van der Waals surface area contributed by atoms with Gasteiger partial charge in [-0.1, -0.05) is 17.3 Å². The van der Waals surface area contributed by atoms with Crippen LogP contribution in [0, 0.1) is 12.7 Å². The summed E-state index contributed by atoms with van der Waals surface area (Å²) in [6.45, 7) is 2.34. The van der Waals surface area contributed by atoms with Crippen LogP contribution in [0.25, 0.3) is 0 Å². The van der Waals surface area contributed by atoms with Crippen molar-refractivity contribution in [2.45, 2.75) is 19.8 Å². The van der Waals surface area contributed by atoms with E-state index in [9.17, 15) is 9.18 Å². The Bertz CT molecular complexity index is 549. The fourth-order valence-corrected chi connectivity index (χ4v) is 1.71. The van der Waals surface area contributed by atoms with Crippen molar-refractivity contribution in [1.82, 2.24) is 10.5 Å². The van der Waals surface area contributed by atoms with Gasteiger partial charge in [0.05, 0.1) is 12.1 Å². The van der Waals surface area contributed by atoms with Crippen LogP contribution in [0.2, 0.25) is 0 Å². The van der Waals surface area contributed by atoms with Gasteiger partial charge in [-0.05, 0) is 24.6 Å². The normalized spacial score (nSPS) is 10.4. The van der Waals surface area contributed by atoms with Gasteiger partial charge in [-0.2, -0.15) is 0 Å². The highest BCUT2D eigenvalue weighted by Gasteiger charge is 2.05. The number of hydrogen-bond acceptors (Lipinski definition) is 3. The molecule has 0 radical (unpaired) electrons. The minimum atomic E-state index is -0.301. The van der Waals surface area contributed by atoms with Crippen molar-refractivity contribution < 1.29 is 13.7 Å². The van der Waals surface area contributed by atoms with E-state index in [1.165, 1.54) is 12.1 Å². The predicted octanol–water partition coefficient (Wildman–Crippen LogP) is 2.02. The van der Waals surface area contributed by atoms with Gasteiger partial charge in [-0.25, -0.2) is 4.39 Å². The van der Waals surface area contributed by atoms with Gasteiger partial charge in [0.2, 0.25) is 5.91 Å². The van der Waals surface area contributed by atoms with Crippen molar-refractivity contribution in [3.05, 3.63) is 53.2 Å². The summed E-state index contributed by atoms with van der Waals surface area (Å²) in [6.07, 6.45) is 0.853. The quantitative estimate of drug-likeness (QED) is 0.897. The topological polar surface area (TPSA) is 55.1 Å². The third-order valence-corrected chi connectivity index (χ3v) is 2.65. The summed E-state index contributed by atoms with van der Waals surface area (Å²) in [5, 5.41) is 6.55. The molecule has 1 aromatic carbocycles. The SMILES string of the molecule is Cc1cc(CCNC(=O)Cc2ccc(F)cc2)on1. The summed E-state index contributed by atoms with van der Waals surface area (Å²) >= 11 is 0. The van der Waals surface area contributed by atoms with Crippen molar-refractivity contribution >= 4 is 5.91 Å². The van der Waals surface area contributed by atoms with E-state index < -0.39 is 0 Å². The van der Waals surface area contributed by atoms with Gasteiger partial charge in [0.25, 0.3) is 0 Å². The average molecular weight is 262 g/mol. The fraction of sp³-hybridized carbons (Fsp3) is 0.286. The zero-order valence-electron chi connectivity index (χ0n) is 10.6. The second-order valence-corrected chi connectivity index (χ2v) is 4.34. The highest BCUT2D eigenvalue weighted by atomic mass is 19.1. The monoisotopic (exact) mass is 262 g/mol. The van der Waals surface area contributed by atoms with Crippen LogP contribution in [-0.2, 0) is 17.6 Å². The van der Waals surface area contributed by atoms with Crippen LogP contribution < -0.4 is 5.32 Å².